The van der Waals surface area contributed by atoms with Crippen LogP contribution in [-0.4, -0.2) is 16.5 Å². The molecule has 3 rings (SSSR count). The Morgan fingerprint density at radius 2 is 1.85 bits per heavy atom. The van der Waals surface area contributed by atoms with Crippen LogP contribution in [0.3, 0.4) is 0 Å². The average molecular weight is 360 g/mol. The molecule has 3 aromatic rings. The highest BCUT2D eigenvalue weighted by atomic mass is 19.1. The van der Waals surface area contributed by atoms with Crippen LogP contribution in [0.15, 0.2) is 51.7 Å². The number of rotatable bonds is 6. The van der Waals surface area contributed by atoms with Crippen LogP contribution < -0.4 is 11.1 Å². The molecule has 0 aliphatic carbocycles. The topological polar surface area (TPSA) is 64.2 Å². The Balaban J connectivity index is 1.60. The van der Waals surface area contributed by atoms with Crippen molar-refractivity contribution >= 4 is 17.0 Å². The van der Waals surface area contributed by atoms with E-state index in [-0.39, 0.29) is 30.9 Å². The third-order valence-electron chi connectivity index (χ3n) is 4.12. The maximum absolute atomic E-state index is 13.7. The predicted molar refractivity (Wildman–Crippen MR) is 92.8 cm³/mol. The van der Waals surface area contributed by atoms with Gasteiger partial charge in [0, 0.05) is 24.6 Å². The molecule has 0 bridgehead atoms. The smallest absolute Gasteiger partial charge is 0.408 e. The van der Waals surface area contributed by atoms with Crippen LogP contribution in [0.1, 0.15) is 18.9 Å². The molecule has 2 aromatic carbocycles. The molecule has 1 amide bonds. The number of oxazole rings is 1. The zero-order chi connectivity index (χ0) is 18.7. The number of hydrogen-bond donors (Lipinski definition) is 1. The number of nitrogens with zero attached hydrogens (tertiary/aromatic N) is 1. The van der Waals surface area contributed by atoms with Crippen LogP contribution in [0.5, 0.6) is 0 Å². The Bertz CT molecular complexity index is 974. The number of benzene rings is 2. The minimum Gasteiger partial charge on any atom is -0.408 e. The van der Waals surface area contributed by atoms with Gasteiger partial charge in [-0.25, -0.2) is 13.6 Å². The average Bonchev–Trinajstić information content (AvgIpc) is 2.91. The highest BCUT2D eigenvalue weighted by Crippen LogP contribution is 2.14. The van der Waals surface area contributed by atoms with E-state index in [4.69, 9.17) is 4.42 Å². The Morgan fingerprint density at radius 3 is 2.58 bits per heavy atom. The maximum atomic E-state index is 13.7. The normalized spacial score (nSPS) is 12.3. The van der Waals surface area contributed by atoms with Gasteiger partial charge < -0.3 is 9.73 Å². The fraction of sp³-hybridized carbons (Fsp3) is 0.263. The van der Waals surface area contributed by atoms with E-state index in [2.05, 4.69) is 5.32 Å². The maximum Gasteiger partial charge on any atom is 0.419 e. The van der Waals surface area contributed by atoms with Crippen molar-refractivity contribution in [3.63, 3.8) is 0 Å². The van der Waals surface area contributed by atoms with Gasteiger partial charge in [0.1, 0.15) is 11.6 Å². The van der Waals surface area contributed by atoms with E-state index in [0.29, 0.717) is 11.1 Å². The highest BCUT2D eigenvalue weighted by Gasteiger charge is 2.15. The summed E-state index contributed by atoms with van der Waals surface area (Å²) in [6.07, 6.45) is 0.0896. The molecule has 5 nitrogen and oxygen atoms in total. The molecule has 1 N–H and O–H groups in total. The number of amides is 1. The minimum atomic E-state index is -0.637. The molecular weight excluding hydrogens is 342 g/mol. The number of para-hydroxylation sites is 2. The second-order valence-electron chi connectivity index (χ2n) is 6.11. The monoisotopic (exact) mass is 360 g/mol. The summed E-state index contributed by atoms with van der Waals surface area (Å²) in [6.45, 7) is 1.83. The fourth-order valence-corrected chi connectivity index (χ4v) is 2.87. The highest BCUT2D eigenvalue weighted by molar-refractivity contribution is 5.77. The van der Waals surface area contributed by atoms with Gasteiger partial charge in [-0.1, -0.05) is 18.2 Å². The quantitative estimate of drug-likeness (QED) is 0.735. The van der Waals surface area contributed by atoms with Crippen LogP contribution in [0.4, 0.5) is 8.78 Å². The molecule has 1 aromatic heterocycles. The second-order valence-corrected chi connectivity index (χ2v) is 6.11. The first kappa shape index (κ1) is 17.8. The lowest BCUT2D eigenvalue weighted by Crippen LogP contribution is -2.35. The zero-order valence-electron chi connectivity index (χ0n) is 14.2. The van der Waals surface area contributed by atoms with Gasteiger partial charge in [0.25, 0.3) is 0 Å². The van der Waals surface area contributed by atoms with Crippen molar-refractivity contribution in [3.05, 3.63) is 70.2 Å². The predicted octanol–water partition coefficient (Wildman–Crippen LogP) is 3.01. The summed E-state index contributed by atoms with van der Waals surface area (Å²) in [7, 11) is 0. The molecule has 0 spiro atoms. The van der Waals surface area contributed by atoms with Crippen molar-refractivity contribution in [1.29, 1.82) is 0 Å². The van der Waals surface area contributed by atoms with Crippen molar-refractivity contribution in [2.75, 3.05) is 0 Å². The summed E-state index contributed by atoms with van der Waals surface area (Å²) in [5.74, 6) is -2.11. The summed E-state index contributed by atoms with van der Waals surface area (Å²) in [4.78, 5) is 24.0. The lowest BCUT2D eigenvalue weighted by Gasteiger charge is -2.15. The molecule has 0 fully saturated rings. The van der Waals surface area contributed by atoms with Crippen molar-refractivity contribution < 1.29 is 18.0 Å². The minimum absolute atomic E-state index is 0.0405. The lowest BCUT2D eigenvalue weighted by atomic mass is 10.1. The standard InChI is InChI=1S/C19H18F2N2O3/c1-12(11-13-14(20)5-4-6-15(13)21)22-18(24)9-10-23-16-7-2-3-8-17(16)26-19(23)25/h2-8,12H,9-11H2,1H3,(H,22,24). The van der Waals surface area contributed by atoms with E-state index in [1.807, 2.05) is 0 Å². The molecular formula is C19H18F2N2O3. The Kier molecular flexibility index (Phi) is 5.16. The summed E-state index contributed by atoms with van der Waals surface area (Å²) in [5.41, 5.74) is 1.02. The number of aryl methyl sites for hydroxylation is 1. The van der Waals surface area contributed by atoms with Gasteiger partial charge in [-0.3, -0.25) is 9.36 Å². The summed E-state index contributed by atoms with van der Waals surface area (Å²) in [5, 5.41) is 2.69. The van der Waals surface area contributed by atoms with E-state index < -0.39 is 23.4 Å². The SMILES string of the molecule is CC(Cc1c(F)cccc1F)NC(=O)CCn1c(=O)oc2ccccc21. The van der Waals surface area contributed by atoms with Gasteiger partial charge >= 0.3 is 5.76 Å². The second kappa shape index (κ2) is 7.51. The number of halogens is 2. The summed E-state index contributed by atoms with van der Waals surface area (Å²) < 4.78 is 33.8. The van der Waals surface area contributed by atoms with Gasteiger partial charge in [0.2, 0.25) is 5.91 Å². The number of carbonyl (C=O) groups is 1. The number of fused-ring (bicyclic) bond motifs is 1. The first-order chi connectivity index (χ1) is 12.5. The number of aromatic nitrogens is 1. The van der Waals surface area contributed by atoms with Crippen molar-refractivity contribution in [2.45, 2.75) is 32.4 Å². The molecule has 7 heteroatoms. The first-order valence-electron chi connectivity index (χ1n) is 8.26. The molecule has 0 saturated carbocycles. The van der Waals surface area contributed by atoms with E-state index in [1.54, 1.807) is 31.2 Å². The van der Waals surface area contributed by atoms with Crippen molar-refractivity contribution in [1.82, 2.24) is 9.88 Å². The van der Waals surface area contributed by atoms with Gasteiger partial charge in [0.15, 0.2) is 5.58 Å². The number of hydrogen-bond acceptors (Lipinski definition) is 3. The third-order valence-corrected chi connectivity index (χ3v) is 4.12. The lowest BCUT2D eigenvalue weighted by molar-refractivity contribution is -0.121. The van der Waals surface area contributed by atoms with Gasteiger partial charge in [-0.2, -0.15) is 0 Å². The van der Waals surface area contributed by atoms with E-state index >= 15 is 0 Å². The number of carbonyl (C=O) groups excluding carboxylic acids is 1. The largest absolute Gasteiger partial charge is 0.419 e. The molecule has 1 heterocycles. The van der Waals surface area contributed by atoms with Crippen molar-refractivity contribution in [2.24, 2.45) is 0 Å². The summed E-state index contributed by atoms with van der Waals surface area (Å²) in [6, 6.07) is 10.2. The zero-order valence-corrected chi connectivity index (χ0v) is 14.2. The van der Waals surface area contributed by atoms with Gasteiger partial charge in [0.05, 0.1) is 5.52 Å². The summed E-state index contributed by atoms with van der Waals surface area (Å²) >= 11 is 0. The molecule has 0 aliphatic heterocycles. The van der Waals surface area contributed by atoms with Crippen LogP contribution in [-0.2, 0) is 17.8 Å². The van der Waals surface area contributed by atoms with Crippen LogP contribution in [0.25, 0.3) is 11.1 Å². The van der Waals surface area contributed by atoms with E-state index in [9.17, 15) is 18.4 Å². The number of nitrogens with one attached hydrogen (secondary N) is 1. The molecule has 0 radical (unpaired) electrons. The molecule has 1 unspecified atom stereocenters. The Labute approximate surface area is 148 Å². The van der Waals surface area contributed by atoms with Crippen LogP contribution in [0.2, 0.25) is 0 Å². The Hall–Kier alpha value is -2.96. The molecule has 1 atom stereocenters. The fourth-order valence-electron chi connectivity index (χ4n) is 2.87. The molecule has 26 heavy (non-hydrogen) atoms. The van der Waals surface area contributed by atoms with Crippen LogP contribution >= 0.6 is 0 Å². The molecule has 0 aliphatic rings. The van der Waals surface area contributed by atoms with E-state index in [1.165, 1.54) is 22.8 Å². The Morgan fingerprint density at radius 1 is 1.15 bits per heavy atom. The van der Waals surface area contributed by atoms with Gasteiger partial charge in [-0.05, 0) is 37.6 Å². The third kappa shape index (κ3) is 3.82. The first-order valence-corrected chi connectivity index (χ1v) is 8.26. The van der Waals surface area contributed by atoms with E-state index in [0.717, 1.165) is 0 Å². The molecule has 136 valence electrons. The van der Waals surface area contributed by atoms with Crippen molar-refractivity contribution in [3.8, 4) is 0 Å². The van der Waals surface area contributed by atoms with Gasteiger partial charge in [-0.15, -0.1) is 0 Å². The molecule has 0 saturated heterocycles. The van der Waals surface area contributed by atoms with Crippen LogP contribution in [0, 0.1) is 11.6 Å².